The molecular formula is C23H26N4O4. The molecule has 0 saturated heterocycles. The number of ether oxygens (including phenoxy) is 2. The minimum Gasteiger partial charge on any atom is -0.467 e. The summed E-state index contributed by atoms with van der Waals surface area (Å²) in [5.74, 6) is 2.27. The molecule has 1 N–H and O–H groups in total. The van der Waals surface area contributed by atoms with E-state index in [0.29, 0.717) is 12.2 Å². The zero-order valence-electron chi connectivity index (χ0n) is 17.8. The van der Waals surface area contributed by atoms with Crippen LogP contribution < -0.4 is 14.8 Å². The van der Waals surface area contributed by atoms with Gasteiger partial charge in [-0.3, -0.25) is 9.48 Å². The van der Waals surface area contributed by atoms with Crippen LogP contribution in [0.3, 0.4) is 0 Å². The SMILES string of the molecule is CN(Cc1ccco1)C(=O)c1nn(C)c2c1CC(NCc1ccc3c(c1)OCO3)CC2. The molecule has 8 heteroatoms. The lowest BCUT2D eigenvalue weighted by atomic mass is 9.91. The lowest BCUT2D eigenvalue weighted by Gasteiger charge is -2.25. The number of benzene rings is 1. The lowest BCUT2D eigenvalue weighted by Crippen LogP contribution is -2.35. The van der Waals surface area contributed by atoms with Crippen molar-refractivity contribution in [2.75, 3.05) is 13.8 Å². The Morgan fingerprint density at radius 3 is 3.00 bits per heavy atom. The maximum Gasteiger partial charge on any atom is 0.274 e. The van der Waals surface area contributed by atoms with E-state index >= 15 is 0 Å². The summed E-state index contributed by atoms with van der Waals surface area (Å²) in [6.45, 7) is 1.44. The van der Waals surface area contributed by atoms with E-state index in [1.807, 2.05) is 36.0 Å². The third-order valence-electron chi connectivity index (χ3n) is 6.01. The smallest absolute Gasteiger partial charge is 0.274 e. The zero-order valence-corrected chi connectivity index (χ0v) is 17.8. The van der Waals surface area contributed by atoms with Crippen LogP contribution in [0.4, 0.5) is 0 Å². The summed E-state index contributed by atoms with van der Waals surface area (Å²) in [6, 6.07) is 10.00. The Bertz CT molecular complexity index is 1090. The van der Waals surface area contributed by atoms with E-state index in [0.717, 1.165) is 59.9 Å². The first kappa shape index (κ1) is 19.7. The molecule has 5 rings (SSSR count). The molecule has 2 aromatic heterocycles. The Balaban J connectivity index is 1.27. The fourth-order valence-corrected chi connectivity index (χ4v) is 4.34. The molecule has 1 aliphatic carbocycles. The first-order valence-electron chi connectivity index (χ1n) is 10.5. The fraction of sp³-hybridized carbons (Fsp3) is 0.391. The number of aromatic nitrogens is 2. The molecule has 0 saturated carbocycles. The van der Waals surface area contributed by atoms with Gasteiger partial charge in [0.05, 0.1) is 12.8 Å². The van der Waals surface area contributed by atoms with Gasteiger partial charge in [-0.2, -0.15) is 5.10 Å². The molecule has 1 unspecified atom stereocenters. The average molecular weight is 422 g/mol. The van der Waals surface area contributed by atoms with E-state index in [4.69, 9.17) is 13.9 Å². The number of nitrogens with zero attached hydrogens (tertiary/aromatic N) is 3. The summed E-state index contributed by atoms with van der Waals surface area (Å²) in [4.78, 5) is 14.8. The Hall–Kier alpha value is -3.26. The van der Waals surface area contributed by atoms with Crippen LogP contribution in [0.5, 0.6) is 11.5 Å². The van der Waals surface area contributed by atoms with Gasteiger partial charge in [0.15, 0.2) is 17.2 Å². The number of furan rings is 1. The van der Waals surface area contributed by atoms with E-state index in [1.165, 1.54) is 0 Å². The minimum absolute atomic E-state index is 0.0790. The zero-order chi connectivity index (χ0) is 21.4. The van der Waals surface area contributed by atoms with Gasteiger partial charge in [-0.05, 0) is 49.1 Å². The van der Waals surface area contributed by atoms with E-state index in [1.54, 1.807) is 18.2 Å². The molecular weight excluding hydrogens is 396 g/mol. The van der Waals surface area contributed by atoms with E-state index < -0.39 is 0 Å². The topological polar surface area (TPSA) is 81.8 Å². The van der Waals surface area contributed by atoms with Crippen molar-refractivity contribution in [1.29, 1.82) is 0 Å². The number of fused-ring (bicyclic) bond motifs is 2. The number of hydrogen-bond donors (Lipinski definition) is 1. The normalized spacial score (nSPS) is 16.9. The van der Waals surface area contributed by atoms with Crippen LogP contribution >= 0.6 is 0 Å². The Morgan fingerprint density at radius 1 is 1.29 bits per heavy atom. The summed E-state index contributed by atoms with van der Waals surface area (Å²) >= 11 is 0. The third kappa shape index (κ3) is 3.90. The molecule has 8 nitrogen and oxygen atoms in total. The summed E-state index contributed by atoms with van der Waals surface area (Å²) in [5, 5.41) is 8.21. The predicted octanol–water partition coefficient (Wildman–Crippen LogP) is 2.66. The second-order valence-corrected chi connectivity index (χ2v) is 8.15. The Kier molecular flexibility index (Phi) is 5.15. The van der Waals surface area contributed by atoms with Crippen molar-refractivity contribution < 1.29 is 18.7 Å². The molecule has 2 aliphatic rings. The van der Waals surface area contributed by atoms with Crippen LogP contribution in [0.1, 0.15) is 39.5 Å². The van der Waals surface area contributed by atoms with Crippen LogP contribution in [0, 0.1) is 0 Å². The van der Waals surface area contributed by atoms with Crippen molar-refractivity contribution in [3.8, 4) is 11.5 Å². The largest absolute Gasteiger partial charge is 0.467 e. The standard InChI is InChI=1S/C23H26N4O4/c1-26(13-17-4-3-9-29-17)23(28)22-18-11-16(6-7-19(18)27(2)25-22)24-12-15-5-8-20-21(10-15)31-14-30-20/h3-5,8-10,16,24H,6-7,11-14H2,1-2H3. The minimum atomic E-state index is -0.0790. The summed E-state index contributed by atoms with van der Waals surface area (Å²) < 4.78 is 18.1. The van der Waals surface area contributed by atoms with Gasteiger partial charge in [0.2, 0.25) is 6.79 Å². The molecule has 1 atom stereocenters. The number of carbonyl (C=O) groups excluding carboxylic acids is 1. The monoisotopic (exact) mass is 422 g/mol. The highest BCUT2D eigenvalue weighted by molar-refractivity contribution is 5.94. The highest BCUT2D eigenvalue weighted by Crippen LogP contribution is 2.32. The first-order valence-corrected chi connectivity index (χ1v) is 10.5. The van der Waals surface area contributed by atoms with Gasteiger partial charge in [0.1, 0.15) is 5.76 Å². The molecule has 0 bridgehead atoms. The molecule has 0 fully saturated rings. The maximum absolute atomic E-state index is 13.1. The Morgan fingerprint density at radius 2 is 2.16 bits per heavy atom. The van der Waals surface area contributed by atoms with Gasteiger partial charge in [0.25, 0.3) is 5.91 Å². The van der Waals surface area contributed by atoms with Crippen molar-refractivity contribution in [3.63, 3.8) is 0 Å². The van der Waals surface area contributed by atoms with Crippen LogP contribution in [0.2, 0.25) is 0 Å². The summed E-state index contributed by atoms with van der Waals surface area (Å²) in [6.07, 6.45) is 4.30. The van der Waals surface area contributed by atoms with E-state index in [9.17, 15) is 4.79 Å². The van der Waals surface area contributed by atoms with Crippen LogP contribution in [-0.2, 0) is 33.0 Å². The van der Waals surface area contributed by atoms with Crippen molar-refractivity contribution in [2.45, 2.75) is 38.4 Å². The van der Waals surface area contributed by atoms with Crippen molar-refractivity contribution in [1.82, 2.24) is 20.0 Å². The van der Waals surface area contributed by atoms with Crippen molar-refractivity contribution in [2.24, 2.45) is 7.05 Å². The molecule has 162 valence electrons. The second kappa shape index (κ2) is 8.11. The van der Waals surface area contributed by atoms with Gasteiger partial charge in [-0.25, -0.2) is 0 Å². The van der Waals surface area contributed by atoms with Crippen LogP contribution in [-0.4, -0.2) is 40.5 Å². The number of carbonyl (C=O) groups is 1. The molecule has 3 heterocycles. The number of aryl methyl sites for hydroxylation is 1. The van der Waals surface area contributed by atoms with Crippen LogP contribution in [0.25, 0.3) is 0 Å². The molecule has 31 heavy (non-hydrogen) atoms. The number of nitrogens with one attached hydrogen (secondary N) is 1. The molecule has 1 aliphatic heterocycles. The van der Waals surface area contributed by atoms with Gasteiger partial charge in [-0.1, -0.05) is 6.07 Å². The highest BCUT2D eigenvalue weighted by atomic mass is 16.7. The highest BCUT2D eigenvalue weighted by Gasteiger charge is 2.29. The molecule has 1 amide bonds. The number of amides is 1. The average Bonchev–Trinajstić information content (AvgIpc) is 3.52. The molecule has 0 spiro atoms. The summed E-state index contributed by atoms with van der Waals surface area (Å²) in [7, 11) is 3.70. The number of rotatable bonds is 6. The third-order valence-corrected chi connectivity index (χ3v) is 6.01. The maximum atomic E-state index is 13.1. The lowest BCUT2D eigenvalue weighted by molar-refractivity contribution is 0.0767. The van der Waals surface area contributed by atoms with Crippen molar-refractivity contribution in [3.05, 3.63) is 64.9 Å². The van der Waals surface area contributed by atoms with Gasteiger partial charge >= 0.3 is 0 Å². The quantitative estimate of drug-likeness (QED) is 0.658. The summed E-state index contributed by atoms with van der Waals surface area (Å²) in [5.41, 5.74) is 3.89. The first-order chi connectivity index (χ1) is 15.1. The predicted molar refractivity (Wildman–Crippen MR) is 113 cm³/mol. The Labute approximate surface area is 180 Å². The van der Waals surface area contributed by atoms with Crippen LogP contribution in [0.15, 0.2) is 41.0 Å². The van der Waals surface area contributed by atoms with E-state index in [-0.39, 0.29) is 18.7 Å². The van der Waals surface area contributed by atoms with Crippen molar-refractivity contribution >= 4 is 5.91 Å². The molecule has 3 aromatic rings. The van der Waals surface area contributed by atoms with E-state index in [2.05, 4.69) is 16.5 Å². The number of hydrogen-bond acceptors (Lipinski definition) is 6. The van der Waals surface area contributed by atoms with Gasteiger partial charge in [-0.15, -0.1) is 0 Å². The fourth-order valence-electron chi connectivity index (χ4n) is 4.34. The molecule has 0 radical (unpaired) electrons. The second-order valence-electron chi connectivity index (χ2n) is 8.15. The molecule has 1 aromatic carbocycles. The van der Waals surface area contributed by atoms with Gasteiger partial charge in [0, 0.05) is 37.9 Å². The van der Waals surface area contributed by atoms with Gasteiger partial charge < -0.3 is 24.1 Å².